The van der Waals surface area contributed by atoms with Gasteiger partial charge >= 0.3 is 0 Å². The van der Waals surface area contributed by atoms with Gasteiger partial charge in [-0.15, -0.1) is 11.8 Å². The van der Waals surface area contributed by atoms with Gasteiger partial charge in [0.2, 0.25) is 0 Å². The van der Waals surface area contributed by atoms with E-state index in [-0.39, 0.29) is 0 Å². The van der Waals surface area contributed by atoms with Crippen LogP contribution in [0.15, 0.2) is 218 Å². The third-order valence-electron chi connectivity index (χ3n) is 10.4. The minimum atomic E-state index is -0.738. The van der Waals surface area contributed by atoms with Crippen LogP contribution in [0.4, 0.5) is 0 Å². The van der Waals surface area contributed by atoms with Gasteiger partial charge in [-0.3, -0.25) is 0 Å². The molecule has 268 valence electrons. The van der Waals surface area contributed by atoms with Gasteiger partial charge in [-0.05, 0) is 79.9 Å². The van der Waals surface area contributed by atoms with Crippen LogP contribution in [0.25, 0.3) is 22.3 Å². The molecule has 0 aliphatic rings. The maximum Gasteiger partial charge on any atom is 0.118 e. The molecule has 0 amide bonds. The van der Waals surface area contributed by atoms with Crippen LogP contribution in [0.5, 0.6) is 11.5 Å². The molecule has 0 spiro atoms. The van der Waals surface area contributed by atoms with Crippen molar-refractivity contribution in [2.24, 2.45) is 0 Å². The molecule has 0 atom stereocenters. The molecule has 3 heteroatoms. The third kappa shape index (κ3) is 6.73. The quantitative estimate of drug-likeness (QED) is 0.117. The lowest BCUT2D eigenvalue weighted by Gasteiger charge is -2.46. The number of rotatable bonds is 12. The zero-order chi connectivity index (χ0) is 37.5. The Kier molecular flexibility index (Phi) is 10.4. The van der Waals surface area contributed by atoms with Gasteiger partial charge in [0.15, 0.2) is 0 Å². The molecule has 8 aromatic rings. The second kappa shape index (κ2) is 16.0. The molecule has 2 nitrogen and oxygen atoms in total. The fourth-order valence-electron chi connectivity index (χ4n) is 7.85. The van der Waals surface area contributed by atoms with Gasteiger partial charge < -0.3 is 9.47 Å². The van der Waals surface area contributed by atoms with Crippen LogP contribution in [-0.4, -0.2) is 14.2 Å². The summed E-state index contributed by atoms with van der Waals surface area (Å²) in [6, 6.07) is 78.8. The average molecular weight is 731 g/mol. The molecule has 8 aromatic carbocycles. The molecule has 0 saturated heterocycles. The lowest BCUT2D eigenvalue weighted by molar-refractivity contribution is 0.415. The van der Waals surface area contributed by atoms with E-state index in [0.29, 0.717) is 0 Å². The van der Waals surface area contributed by atoms with Crippen molar-refractivity contribution >= 4 is 11.8 Å². The highest BCUT2D eigenvalue weighted by atomic mass is 32.2. The summed E-state index contributed by atoms with van der Waals surface area (Å²) in [6.07, 6.45) is 0. The summed E-state index contributed by atoms with van der Waals surface area (Å²) in [6.45, 7) is 0. The van der Waals surface area contributed by atoms with E-state index in [1.165, 1.54) is 33.4 Å². The van der Waals surface area contributed by atoms with Crippen molar-refractivity contribution in [3.8, 4) is 33.8 Å². The summed E-state index contributed by atoms with van der Waals surface area (Å²) >= 11 is 1.99. The first-order chi connectivity index (χ1) is 27.2. The monoisotopic (exact) mass is 730 g/mol. The van der Waals surface area contributed by atoms with Crippen molar-refractivity contribution in [2.75, 3.05) is 14.2 Å². The highest BCUT2D eigenvalue weighted by Crippen LogP contribution is 2.63. The second-order valence-electron chi connectivity index (χ2n) is 13.5. The van der Waals surface area contributed by atoms with Crippen molar-refractivity contribution in [1.82, 2.24) is 0 Å². The molecule has 0 aliphatic heterocycles. The highest BCUT2D eigenvalue weighted by molar-refractivity contribution is 8.02. The van der Waals surface area contributed by atoms with E-state index in [4.69, 9.17) is 9.47 Å². The Balaban J connectivity index is 1.53. The Morgan fingerprint density at radius 3 is 0.873 bits per heavy atom. The van der Waals surface area contributed by atoms with Gasteiger partial charge in [0.1, 0.15) is 11.5 Å². The zero-order valence-electron chi connectivity index (χ0n) is 31.0. The molecule has 8 rings (SSSR count). The normalized spacial score (nSPS) is 11.5. The van der Waals surface area contributed by atoms with Crippen molar-refractivity contribution in [3.63, 3.8) is 0 Å². The lowest BCUT2D eigenvalue weighted by Crippen LogP contribution is -2.36. The maximum absolute atomic E-state index is 5.60. The Morgan fingerprint density at radius 1 is 0.309 bits per heavy atom. The van der Waals surface area contributed by atoms with E-state index in [2.05, 4.69) is 218 Å². The minimum Gasteiger partial charge on any atom is -0.497 e. The Labute approximate surface area is 329 Å². The number of benzene rings is 8. The summed E-state index contributed by atoms with van der Waals surface area (Å²) in [5, 5.41) is 0. The van der Waals surface area contributed by atoms with E-state index in [1.54, 1.807) is 14.2 Å². The Bertz CT molecular complexity index is 2190. The minimum absolute atomic E-state index is 0.738. The van der Waals surface area contributed by atoms with Gasteiger partial charge in [-0.2, -0.15) is 0 Å². The van der Waals surface area contributed by atoms with Gasteiger partial charge in [0.25, 0.3) is 0 Å². The summed E-state index contributed by atoms with van der Waals surface area (Å²) in [4.78, 5) is 0. The number of hydrogen-bond donors (Lipinski definition) is 0. The summed E-state index contributed by atoms with van der Waals surface area (Å²) in [7, 11) is 3.43. The molecular weight excluding hydrogens is 689 g/mol. The topological polar surface area (TPSA) is 18.5 Å². The molecule has 0 unspecified atom stereocenters. The van der Waals surface area contributed by atoms with Crippen LogP contribution in [0.2, 0.25) is 0 Å². The first kappa shape index (κ1) is 35.7. The summed E-state index contributed by atoms with van der Waals surface area (Å²) in [5.74, 6) is 1.66. The van der Waals surface area contributed by atoms with Crippen molar-refractivity contribution in [2.45, 2.75) is 9.49 Å². The molecule has 0 bridgehead atoms. The lowest BCUT2D eigenvalue weighted by atomic mass is 9.79. The van der Waals surface area contributed by atoms with Crippen LogP contribution in [-0.2, 0) is 9.49 Å². The molecule has 0 radical (unpaired) electrons. The molecule has 0 aliphatic carbocycles. The standard InChI is InChI=1S/C52H42O2S/c1-53-45-35-31-39(32-36-45)47-27-15-17-29-49(47)51(41-19-7-3-8-20-41,42-21-9-4-10-22-42)55-52(43-23-11-5-12-24-43,44-25-13-6-14-26-44)50-30-18-16-28-48(50)40-33-37-46(54-2)38-34-40/h3-38H,1-2H3. The SMILES string of the molecule is COc1ccc(-c2ccccc2C(SC(c2ccccc2)(c2ccccc2)c2ccccc2-c2ccc(OC)cc2)(c2ccccc2)c2ccccc2)cc1. The maximum atomic E-state index is 5.60. The van der Waals surface area contributed by atoms with E-state index in [9.17, 15) is 0 Å². The van der Waals surface area contributed by atoms with Gasteiger partial charge in [-0.25, -0.2) is 0 Å². The predicted molar refractivity (Wildman–Crippen MR) is 230 cm³/mol. The smallest absolute Gasteiger partial charge is 0.118 e. The third-order valence-corrected chi connectivity index (χ3v) is 12.4. The Morgan fingerprint density at radius 2 is 0.582 bits per heavy atom. The summed E-state index contributed by atoms with van der Waals surface area (Å²) in [5.41, 5.74) is 11.7. The number of ether oxygens (including phenoxy) is 2. The summed E-state index contributed by atoms with van der Waals surface area (Å²) < 4.78 is 9.73. The van der Waals surface area contributed by atoms with E-state index in [0.717, 1.165) is 33.8 Å². The Hall–Kier alpha value is -6.29. The van der Waals surface area contributed by atoms with Crippen LogP contribution in [0, 0.1) is 0 Å². The van der Waals surface area contributed by atoms with Gasteiger partial charge in [0, 0.05) is 0 Å². The molecule has 0 aromatic heterocycles. The molecule has 0 N–H and O–H groups in total. The second-order valence-corrected chi connectivity index (χ2v) is 14.9. The fraction of sp³-hybridized carbons (Fsp3) is 0.0769. The number of methoxy groups -OCH3 is 2. The molecular formula is C52H42O2S. The van der Waals surface area contributed by atoms with Crippen LogP contribution in [0.1, 0.15) is 33.4 Å². The molecule has 0 fully saturated rings. The highest BCUT2D eigenvalue weighted by Gasteiger charge is 2.50. The van der Waals surface area contributed by atoms with Crippen LogP contribution < -0.4 is 9.47 Å². The van der Waals surface area contributed by atoms with Crippen LogP contribution in [0.3, 0.4) is 0 Å². The first-order valence-electron chi connectivity index (χ1n) is 18.6. The van der Waals surface area contributed by atoms with Gasteiger partial charge in [-0.1, -0.05) is 194 Å². The zero-order valence-corrected chi connectivity index (χ0v) is 31.8. The van der Waals surface area contributed by atoms with Gasteiger partial charge in [0.05, 0.1) is 23.7 Å². The fourth-order valence-corrected chi connectivity index (χ4v) is 9.90. The van der Waals surface area contributed by atoms with E-state index in [1.807, 2.05) is 11.8 Å². The predicted octanol–water partition coefficient (Wildman–Crippen LogP) is 13.1. The van der Waals surface area contributed by atoms with Crippen LogP contribution >= 0.6 is 11.8 Å². The molecule has 55 heavy (non-hydrogen) atoms. The molecule has 0 saturated carbocycles. The number of thioether (sulfide) groups is 1. The molecule has 0 heterocycles. The van der Waals surface area contributed by atoms with E-state index >= 15 is 0 Å². The average Bonchev–Trinajstić information content (AvgIpc) is 3.28. The largest absolute Gasteiger partial charge is 0.497 e. The van der Waals surface area contributed by atoms with Crippen molar-refractivity contribution < 1.29 is 9.47 Å². The number of hydrogen-bond acceptors (Lipinski definition) is 3. The van der Waals surface area contributed by atoms with Crippen molar-refractivity contribution in [1.29, 1.82) is 0 Å². The first-order valence-corrected chi connectivity index (χ1v) is 19.4. The van der Waals surface area contributed by atoms with Crippen molar-refractivity contribution in [3.05, 3.63) is 252 Å². The van der Waals surface area contributed by atoms with E-state index < -0.39 is 9.49 Å².